The lowest BCUT2D eigenvalue weighted by Gasteiger charge is -2.14. The molecule has 1 amide bonds. The number of halogens is 1. The van der Waals surface area contributed by atoms with Crippen molar-refractivity contribution in [2.75, 3.05) is 32.1 Å². The molecule has 1 aliphatic heterocycles. The highest BCUT2D eigenvalue weighted by Gasteiger charge is 2.34. The van der Waals surface area contributed by atoms with Crippen LogP contribution in [-0.2, 0) is 14.3 Å². The number of aliphatic hydroxyl groups excluding tert-OH is 1. The lowest BCUT2D eigenvalue weighted by atomic mass is 10.2. The van der Waals surface area contributed by atoms with Crippen LogP contribution in [0.25, 0.3) is 22.6 Å². The monoisotopic (exact) mass is 427 g/mol. The molecule has 0 fully saturated rings. The van der Waals surface area contributed by atoms with Crippen LogP contribution in [0, 0.1) is 0 Å². The molecule has 2 N–H and O–H groups in total. The minimum Gasteiger partial charge on any atom is -0.466 e. The Labute approximate surface area is 176 Å². The number of carbonyl (C=O) groups is 2. The van der Waals surface area contributed by atoms with Gasteiger partial charge in [0.05, 0.1) is 36.4 Å². The molecule has 1 aliphatic rings. The molecule has 3 aromatic rings. The van der Waals surface area contributed by atoms with Crippen LogP contribution in [-0.4, -0.2) is 53.7 Å². The second kappa shape index (κ2) is 8.17. The third-order valence-corrected chi connectivity index (χ3v) is 5.05. The van der Waals surface area contributed by atoms with Gasteiger partial charge in [-0.05, 0) is 24.3 Å². The molecule has 0 saturated carbocycles. The maximum Gasteiger partial charge on any atom is 0.337 e. The topological polar surface area (TPSA) is 105 Å². The first-order valence-electron chi connectivity index (χ1n) is 9.16. The molecule has 0 aliphatic carbocycles. The number of ether oxygens (including phenoxy) is 1. The van der Waals surface area contributed by atoms with E-state index in [-0.39, 0.29) is 36.9 Å². The fraction of sp³-hybridized carbons (Fsp3) is 0.190. The van der Waals surface area contributed by atoms with Crippen molar-refractivity contribution in [2.45, 2.75) is 0 Å². The molecule has 0 unspecified atom stereocenters. The van der Waals surface area contributed by atoms with Crippen molar-refractivity contribution in [2.24, 2.45) is 0 Å². The molecule has 0 saturated heterocycles. The number of rotatable bonds is 6. The first kappa shape index (κ1) is 19.9. The maximum atomic E-state index is 12.7. The minimum absolute atomic E-state index is 0.0651. The molecular weight excluding hydrogens is 410 g/mol. The summed E-state index contributed by atoms with van der Waals surface area (Å²) in [7, 11) is 1.25. The first-order chi connectivity index (χ1) is 14.5. The second-order valence-electron chi connectivity index (χ2n) is 6.60. The zero-order valence-corrected chi connectivity index (χ0v) is 16.8. The number of β-amino-alcohol motifs (C(OH)–C–C–N with tert-alkyl or cyclic N) is 1. The fourth-order valence-electron chi connectivity index (χ4n) is 3.25. The van der Waals surface area contributed by atoms with Crippen LogP contribution in [0.4, 0.5) is 5.69 Å². The summed E-state index contributed by atoms with van der Waals surface area (Å²) in [6, 6.07) is 12.4. The summed E-state index contributed by atoms with van der Waals surface area (Å²) in [6.45, 7) is -0.0230. The van der Waals surface area contributed by atoms with Gasteiger partial charge in [-0.1, -0.05) is 23.7 Å². The van der Waals surface area contributed by atoms with Crippen molar-refractivity contribution in [3.05, 3.63) is 58.8 Å². The summed E-state index contributed by atoms with van der Waals surface area (Å²) >= 11 is 6.22. The molecule has 1 aromatic heterocycles. The van der Waals surface area contributed by atoms with E-state index in [1.165, 1.54) is 12.0 Å². The van der Waals surface area contributed by atoms with Gasteiger partial charge in [-0.3, -0.25) is 4.79 Å². The Morgan fingerprint density at radius 2 is 2.13 bits per heavy atom. The van der Waals surface area contributed by atoms with Gasteiger partial charge < -0.3 is 24.5 Å². The summed E-state index contributed by atoms with van der Waals surface area (Å²) in [5, 5.41) is 12.7. The highest BCUT2D eigenvalue weighted by molar-refractivity contribution is 6.33. The molecule has 2 heterocycles. The molecular formula is C21H18ClN3O5. The number of nitrogens with zero attached hydrogens (tertiary/aromatic N) is 2. The van der Waals surface area contributed by atoms with Crippen molar-refractivity contribution in [1.29, 1.82) is 0 Å². The zero-order valence-electron chi connectivity index (χ0n) is 16.0. The average Bonchev–Trinajstić information content (AvgIpc) is 3.30. The number of aliphatic hydroxyl groups is 1. The van der Waals surface area contributed by atoms with Crippen molar-refractivity contribution >= 4 is 40.3 Å². The predicted octanol–water partition coefficient (Wildman–Crippen LogP) is 2.82. The number of methoxy groups -OCH3 is 1. The molecule has 4 rings (SSSR count). The average molecular weight is 428 g/mol. The van der Waals surface area contributed by atoms with Gasteiger partial charge in [0, 0.05) is 18.3 Å². The Bertz CT molecular complexity index is 1170. The highest BCUT2D eigenvalue weighted by Crippen LogP contribution is 2.31. The van der Waals surface area contributed by atoms with E-state index < -0.39 is 5.97 Å². The molecule has 8 nitrogen and oxygen atoms in total. The van der Waals surface area contributed by atoms with Gasteiger partial charge in [-0.15, -0.1) is 0 Å². The van der Waals surface area contributed by atoms with E-state index in [1.807, 2.05) is 18.2 Å². The lowest BCUT2D eigenvalue weighted by Crippen LogP contribution is -2.31. The molecule has 154 valence electrons. The second-order valence-corrected chi connectivity index (χ2v) is 7.01. The SMILES string of the molecule is COC(=O)C1=C(Nc2ccc3nc(-c4ccccc4Cl)oc3c2)C(=O)N(CCO)C1. The summed E-state index contributed by atoms with van der Waals surface area (Å²) < 4.78 is 10.6. The molecule has 0 spiro atoms. The van der Waals surface area contributed by atoms with Gasteiger partial charge in [-0.25, -0.2) is 9.78 Å². The van der Waals surface area contributed by atoms with E-state index in [0.29, 0.717) is 33.3 Å². The number of oxazole rings is 1. The maximum absolute atomic E-state index is 12.7. The summed E-state index contributed by atoms with van der Waals surface area (Å²) in [5.41, 5.74) is 2.64. The predicted molar refractivity (Wildman–Crippen MR) is 111 cm³/mol. The van der Waals surface area contributed by atoms with Crippen molar-refractivity contribution in [3.63, 3.8) is 0 Å². The van der Waals surface area contributed by atoms with Crippen LogP contribution in [0.5, 0.6) is 0 Å². The third kappa shape index (κ3) is 3.62. The van der Waals surface area contributed by atoms with E-state index in [9.17, 15) is 9.59 Å². The number of benzene rings is 2. The molecule has 30 heavy (non-hydrogen) atoms. The van der Waals surface area contributed by atoms with Gasteiger partial charge in [-0.2, -0.15) is 0 Å². The van der Waals surface area contributed by atoms with Crippen LogP contribution in [0.15, 0.2) is 58.2 Å². The van der Waals surface area contributed by atoms with Gasteiger partial charge in [0.2, 0.25) is 5.89 Å². The first-order valence-corrected chi connectivity index (χ1v) is 9.53. The number of anilines is 1. The number of carbonyl (C=O) groups excluding carboxylic acids is 2. The van der Waals surface area contributed by atoms with E-state index in [1.54, 1.807) is 24.3 Å². The Morgan fingerprint density at radius 3 is 2.87 bits per heavy atom. The van der Waals surface area contributed by atoms with E-state index >= 15 is 0 Å². The number of nitrogens with one attached hydrogen (secondary N) is 1. The molecule has 0 radical (unpaired) electrons. The van der Waals surface area contributed by atoms with Crippen LogP contribution < -0.4 is 5.32 Å². The molecule has 0 bridgehead atoms. The normalized spacial score (nSPS) is 14.0. The number of hydrogen-bond donors (Lipinski definition) is 2. The van der Waals surface area contributed by atoms with E-state index in [2.05, 4.69) is 10.3 Å². The number of esters is 1. The van der Waals surface area contributed by atoms with Crippen molar-refractivity contribution in [1.82, 2.24) is 9.88 Å². The molecule has 0 atom stereocenters. The summed E-state index contributed by atoms with van der Waals surface area (Å²) in [6.07, 6.45) is 0. The van der Waals surface area contributed by atoms with Gasteiger partial charge >= 0.3 is 5.97 Å². The third-order valence-electron chi connectivity index (χ3n) is 4.72. The summed E-state index contributed by atoms with van der Waals surface area (Å²) in [4.78, 5) is 30.6. The van der Waals surface area contributed by atoms with Crippen LogP contribution in [0.3, 0.4) is 0 Å². The van der Waals surface area contributed by atoms with Gasteiger partial charge in [0.25, 0.3) is 5.91 Å². The number of hydrogen-bond acceptors (Lipinski definition) is 7. The highest BCUT2D eigenvalue weighted by atomic mass is 35.5. The Kier molecular flexibility index (Phi) is 5.43. The van der Waals surface area contributed by atoms with E-state index in [0.717, 1.165) is 0 Å². The van der Waals surface area contributed by atoms with Crippen LogP contribution in [0.2, 0.25) is 5.02 Å². The molecule has 9 heteroatoms. The van der Waals surface area contributed by atoms with Crippen molar-refractivity contribution < 1.29 is 23.8 Å². The quantitative estimate of drug-likeness (QED) is 0.583. The summed E-state index contributed by atoms with van der Waals surface area (Å²) in [5.74, 6) is -0.611. The smallest absolute Gasteiger partial charge is 0.337 e. The number of fused-ring (bicyclic) bond motifs is 1. The van der Waals surface area contributed by atoms with E-state index in [4.69, 9.17) is 25.9 Å². The van der Waals surface area contributed by atoms with Gasteiger partial charge in [0.15, 0.2) is 5.58 Å². The van der Waals surface area contributed by atoms with Crippen LogP contribution in [0.1, 0.15) is 0 Å². The molecule has 2 aromatic carbocycles. The van der Waals surface area contributed by atoms with Gasteiger partial charge in [0.1, 0.15) is 11.2 Å². The Balaban J connectivity index is 1.67. The minimum atomic E-state index is -0.604. The Hall–Kier alpha value is -3.36. The number of aromatic nitrogens is 1. The lowest BCUT2D eigenvalue weighted by molar-refractivity contribution is -0.136. The number of amides is 1. The van der Waals surface area contributed by atoms with Crippen molar-refractivity contribution in [3.8, 4) is 11.5 Å². The van der Waals surface area contributed by atoms with Crippen LogP contribution >= 0.6 is 11.6 Å². The standard InChI is InChI=1S/C21H18ClN3O5/c1-29-21(28)14-11-25(8-9-26)20(27)18(14)23-12-6-7-16-17(10-12)30-19(24-16)13-4-2-3-5-15(13)22/h2-7,10,23,26H,8-9,11H2,1H3. The zero-order chi connectivity index (χ0) is 21.3. The Morgan fingerprint density at radius 1 is 1.33 bits per heavy atom. The largest absolute Gasteiger partial charge is 0.466 e. The fourth-order valence-corrected chi connectivity index (χ4v) is 3.46.